The maximum absolute atomic E-state index is 11.5. The molecule has 3 N–H and O–H groups in total. The van der Waals surface area contributed by atoms with Crippen molar-refractivity contribution in [1.82, 2.24) is 0 Å². The van der Waals surface area contributed by atoms with Gasteiger partial charge in [-0.05, 0) is 25.3 Å². The van der Waals surface area contributed by atoms with E-state index in [-0.39, 0.29) is 13.0 Å². The Balaban J connectivity index is 4.76. The normalized spacial score (nSPS) is 14.8. The van der Waals surface area contributed by atoms with Gasteiger partial charge in [0.1, 0.15) is 0 Å². The summed E-state index contributed by atoms with van der Waals surface area (Å²) in [6.45, 7) is 5.99. The lowest BCUT2D eigenvalue weighted by molar-refractivity contribution is -0.348. The van der Waals surface area contributed by atoms with E-state index in [1.807, 2.05) is 0 Å². The topological polar surface area (TPSA) is 91.0 Å². The lowest BCUT2D eigenvalue weighted by Gasteiger charge is -2.28. The van der Waals surface area contributed by atoms with E-state index in [0.717, 1.165) is 0 Å². The molecule has 0 aromatic heterocycles. The predicted molar refractivity (Wildman–Crippen MR) is 64.9 cm³/mol. The SMILES string of the molecule is CCOC(CC(O)CN)(OCC)O[P+](=O)CC. The third-order valence-corrected chi connectivity index (χ3v) is 2.98. The molecule has 17 heavy (non-hydrogen) atoms. The molecule has 0 saturated heterocycles. The minimum absolute atomic E-state index is 0.0340. The van der Waals surface area contributed by atoms with Crippen molar-refractivity contribution in [2.75, 3.05) is 25.9 Å². The molecule has 0 spiro atoms. The van der Waals surface area contributed by atoms with E-state index < -0.39 is 20.1 Å². The van der Waals surface area contributed by atoms with Crippen LogP contribution in [0.3, 0.4) is 0 Å². The summed E-state index contributed by atoms with van der Waals surface area (Å²) in [7, 11) is -1.88. The predicted octanol–water partition coefficient (Wildman–Crippen LogP) is 1.20. The Morgan fingerprint density at radius 1 is 1.29 bits per heavy atom. The van der Waals surface area contributed by atoms with E-state index >= 15 is 0 Å². The van der Waals surface area contributed by atoms with Crippen LogP contribution in [0.4, 0.5) is 0 Å². The molecule has 102 valence electrons. The van der Waals surface area contributed by atoms with Gasteiger partial charge in [0.05, 0.1) is 12.5 Å². The van der Waals surface area contributed by atoms with Crippen molar-refractivity contribution in [2.45, 2.75) is 39.3 Å². The summed E-state index contributed by atoms with van der Waals surface area (Å²) < 4.78 is 27.5. The van der Waals surface area contributed by atoms with E-state index in [4.69, 9.17) is 19.7 Å². The molecule has 6 nitrogen and oxygen atoms in total. The molecule has 0 amide bonds. The van der Waals surface area contributed by atoms with Crippen LogP contribution in [0.5, 0.6) is 0 Å². The molecule has 0 aromatic carbocycles. The van der Waals surface area contributed by atoms with Crippen LogP contribution in [-0.4, -0.2) is 43.1 Å². The van der Waals surface area contributed by atoms with Gasteiger partial charge in [0.15, 0.2) is 6.16 Å². The Labute approximate surface area is 103 Å². The summed E-state index contributed by atoms with van der Waals surface area (Å²) in [5.74, 6) is -1.47. The van der Waals surface area contributed by atoms with E-state index in [9.17, 15) is 9.67 Å². The second-order valence-corrected chi connectivity index (χ2v) is 4.86. The maximum Gasteiger partial charge on any atom is 0.513 e. The Bertz CT molecular complexity index is 221. The van der Waals surface area contributed by atoms with Gasteiger partial charge < -0.3 is 20.3 Å². The fourth-order valence-electron chi connectivity index (χ4n) is 1.28. The van der Waals surface area contributed by atoms with Gasteiger partial charge in [-0.2, -0.15) is 0 Å². The van der Waals surface area contributed by atoms with Crippen LogP contribution in [0.15, 0.2) is 0 Å². The Morgan fingerprint density at radius 2 is 1.82 bits per heavy atom. The summed E-state index contributed by atoms with van der Waals surface area (Å²) in [6.07, 6.45) is -0.435. The van der Waals surface area contributed by atoms with Gasteiger partial charge >= 0.3 is 14.0 Å². The standard InChI is InChI=1S/C10H23NO5P/c1-4-14-10(15-5-2,7-9(12)8-11)16-17(13)6-3/h9,12H,4-8,11H2,1-3H3/q+1. The van der Waals surface area contributed by atoms with Crippen LogP contribution in [0.25, 0.3) is 0 Å². The molecule has 0 aliphatic heterocycles. The first-order chi connectivity index (χ1) is 8.03. The molecular weight excluding hydrogens is 245 g/mol. The van der Waals surface area contributed by atoms with E-state index in [2.05, 4.69) is 0 Å². The molecule has 0 radical (unpaired) electrons. The molecule has 0 saturated carbocycles. The summed E-state index contributed by atoms with van der Waals surface area (Å²) in [5, 5.41) is 9.57. The van der Waals surface area contributed by atoms with Crippen molar-refractivity contribution in [3.8, 4) is 0 Å². The summed E-state index contributed by atoms with van der Waals surface area (Å²) in [5.41, 5.74) is 5.35. The van der Waals surface area contributed by atoms with Gasteiger partial charge in [0.2, 0.25) is 0 Å². The number of aliphatic hydroxyl groups excluding tert-OH is 1. The highest BCUT2D eigenvalue weighted by molar-refractivity contribution is 7.39. The fourth-order valence-corrected chi connectivity index (χ4v) is 1.90. The van der Waals surface area contributed by atoms with Crippen LogP contribution in [0.1, 0.15) is 27.2 Å². The van der Waals surface area contributed by atoms with Crippen molar-refractivity contribution in [3.63, 3.8) is 0 Å². The van der Waals surface area contributed by atoms with Crippen molar-refractivity contribution < 1.29 is 23.7 Å². The first-order valence-electron chi connectivity index (χ1n) is 5.83. The quantitative estimate of drug-likeness (QED) is 0.457. The lowest BCUT2D eigenvalue weighted by Crippen LogP contribution is -2.42. The van der Waals surface area contributed by atoms with Crippen molar-refractivity contribution >= 4 is 8.03 Å². The van der Waals surface area contributed by atoms with Crippen molar-refractivity contribution in [3.05, 3.63) is 0 Å². The minimum Gasteiger partial charge on any atom is -0.391 e. The summed E-state index contributed by atoms with van der Waals surface area (Å²) in [6, 6.07) is 0. The average Bonchev–Trinajstić information content (AvgIpc) is 2.29. The van der Waals surface area contributed by atoms with E-state index in [1.54, 1.807) is 20.8 Å². The summed E-state index contributed by atoms with van der Waals surface area (Å²) in [4.78, 5) is 0. The third-order valence-electron chi connectivity index (χ3n) is 1.99. The molecule has 7 heteroatoms. The molecule has 0 rings (SSSR count). The van der Waals surface area contributed by atoms with Gasteiger partial charge in [-0.15, -0.1) is 0 Å². The fraction of sp³-hybridized carbons (Fsp3) is 1.00. The number of rotatable bonds is 10. The second-order valence-electron chi connectivity index (χ2n) is 3.38. The molecule has 0 bridgehead atoms. The number of hydrogen-bond donors (Lipinski definition) is 2. The minimum atomic E-state index is -1.88. The van der Waals surface area contributed by atoms with Gasteiger partial charge in [-0.1, -0.05) is 4.52 Å². The van der Waals surface area contributed by atoms with E-state index in [1.165, 1.54) is 0 Å². The Hall–Kier alpha value is -0.100. The number of hydrogen-bond acceptors (Lipinski definition) is 6. The second kappa shape index (κ2) is 8.91. The van der Waals surface area contributed by atoms with Gasteiger partial charge in [-0.3, -0.25) is 0 Å². The van der Waals surface area contributed by atoms with Crippen LogP contribution in [0, 0.1) is 0 Å². The maximum atomic E-state index is 11.5. The number of aliphatic hydroxyl groups is 1. The molecule has 2 unspecified atom stereocenters. The highest BCUT2D eigenvalue weighted by atomic mass is 31.1. The first kappa shape index (κ1) is 16.9. The van der Waals surface area contributed by atoms with Gasteiger partial charge in [0.25, 0.3) is 0 Å². The first-order valence-corrected chi connectivity index (χ1v) is 7.19. The highest BCUT2D eigenvalue weighted by Crippen LogP contribution is 2.34. The summed E-state index contributed by atoms with van der Waals surface area (Å²) >= 11 is 0. The van der Waals surface area contributed by atoms with Crippen LogP contribution in [0.2, 0.25) is 0 Å². The Kier molecular flexibility index (Phi) is 8.86. The van der Waals surface area contributed by atoms with Crippen molar-refractivity contribution in [1.29, 1.82) is 0 Å². The smallest absolute Gasteiger partial charge is 0.391 e. The van der Waals surface area contributed by atoms with Gasteiger partial charge in [0, 0.05) is 19.8 Å². The zero-order valence-electron chi connectivity index (χ0n) is 10.7. The average molecular weight is 268 g/mol. The largest absolute Gasteiger partial charge is 0.513 e. The third kappa shape index (κ3) is 6.41. The molecule has 0 fully saturated rings. The zero-order chi connectivity index (χ0) is 13.3. The molecule has 0 heterocycles. The van der Waals surface area contributed by atoms with Crippen LogP contribution >= 0.6 is 8.03 Å². The molecule has 0 aromatic rings. The molecule has 0 aliphatic rings. The van der Waals surface area contributed by atoms with Crippen molar-refractivity contribution in [2.24, 2.45) is 5.73 Å². The molecular formula is C10H23NO5P+. The monoisotopic (exact) mass is 268 g/mol. The number of nitrogens with two attached hydrogens (primary N) is 1. The molecule has 2 atom stereocenters. The Morgan fingerprint density at radius 3 is 2.18 bits per heavy atom. The van der Waals surface area contributed by atoms with Crippen LogP contribution in [-0.2, 0) is 18.6 Å². The van der Waals surface area contributed by atoms with E-state index in [0.29, 0.717) is 19.4 Å². The zero-order valence-corrected chi connectivity index (χ0v) is 11.6. The molecule has 0 aliphatic carbocycles. The van der Waals surface area contributed by atoms with Crippen LogP contribution < -0.4 is 5.73 Å². The lowest BCUT2D eigenvalue weighted by atomic mass is 10.2. The highest BCUT2D eigenvalue weighted by Gasteiger charge is 2.43. The van der Waals surface area contributed by atoms with Gasteiger partial charge in [-0.25, -0.2) is 0 Å². The number of ether oxygens (including phenoxy) is 2.